The Balaban J connectivity index is 2.00. The molecule has 0 bridgehead atoms. The monoisotopic (exact) mass is 297 g/mol. The van der Waals surface area contributed by atoms with E-state index in [0.717, 1.165) is 12.1 Å². The van der Waals surface area contributed by atoms with Crippen LogP contribution >= 0.6 is 23.2 Å². The molecule has 0 aliphatic heterocycles. The molecule has 0 radical (unpaired) electrons. The zero-order chi connectivity index (χ0) is 13.7. The summed E-state index contributed by atoms with van der Waals surface area (Å²) in [5.74, 6) is 0.246. The fourth-order valence-electron chi connectivity index (χ4n) is 1.78. The molecule has 0 saturated heterocycles. The third-order valence-electron chi connectivity index (χ3n) is 2.85. The highest BCUT2D eigenvalue weighted by molar-refractivity contribution is 6.30. The summed E-state index contributed by atoms with van der Waals surface area (Å²) in [6.45, 7) is 0.404. The number of aryl methyl sites for hydroxylation is 1. The number of hydrogen-bond donors (Lipinski definition) is 1. The standard InChI is InChI=1S/C15H14Cl2FN/c16-9-8-11-4-6-13(7-5-11)19-10-12-2-1-3-14(17)15(12)18/h1-7,19H,8-10H2. The normalized spacial score (nSPS) is 10.5. The minimum Gasteiger partial charge on any atom is -0.381 e. The Morgan fingerprint density at radius 2 is 1.79 bits per heavy atom. The zero-order valence-corrected chi connectivity index (χ0v) is 11.8. The van der Waals surface area contributed by atoms with E-state index < -0.39 is 0 Å². The van der Waals surface area contributed by atoms with Crippen LogP contribution in [0.25, 0.3) is 0 Å². The van der Waals surface area contributed by atoms with Gasteiger partial charge in [0.15, 0.2) is 0 Å². The molecule has 0 aliphatic rings. The van der Waals surface area contributed by atoms with Gasteiger partial charge in [0.1, 0.15) is 5.82 Å². The summed E-state index contributed by atoms with van der Waals surface area (Å²) in [4.78, 5) is 0. The SMILES string of the molecule is Fc1c(Cl)cccc1CNc1ccc(CCCl)cc1. The van der Waals surface area contributed by atoms with Gasteiger partial charge < -0.3 is 5.32 Å². The van der Waals surface area contributed by atoms with Gasteiger partial charge in [-0.25, -0.2) is 4.39 Å². The van der Waals surface area contributed by atoms with Gasteiger partial charge in [-0.15, -0.1) is 11.6 Å². The van der Waals surface area contributed by atoms with E-state index in [-0.39, 0.29) is 10.8 Å². The van der Waals surface area contributed by atoms with E-state index in [1.54, 1.807) is 18.2 Å². The van der Waals surface area contributed by atoms with Crippen LogP contribution in [0.4, 0.5) is 10.1 Å². The van der Waals surface area contributed by atoms with Crippen LogP contribution in [0.5, 0.6) is 0 Å². The van der Waals surface area contributed by atoms with Crippen LogP contribution in [-0.2, 0) is 13.0 Å². The third kappa shape index (κ3) is 3.85. The molecule has 0 aromatic heterocycles. The molecule has 1 nitrogen and oxygen atoms in total. The molecule has 0 amide bonds. The molecule has 2 aromatic carbocycles. The van der Waals surface area contributed by atoms with Crippen molar-refractivity contribution in [1.82, 2.24) is 0 Å². The third-order valence-corrected chi connectivity index (χ3v) is 3.33. The van der Waals surface area contributed by atoms with Crippen molar-refractivity contribution in [1.29, 1.82) is 0 Å². The van der Waals surface area contributed by atoms with E-state index in [9.17, 15) is 4.39 Å². The molecule has 2 rings (SSSR count). The van der Waals surface area contributed by atoms with Crippen molar-refractivity contribution >= 4 is 28.9 Å². The van der Waals surface area contributed by atoms with Crippen LogP contribution in [-0.4, -0.2) is 5.88 Å². The van der Waals surface area contributed by atoms with Crippen molar-refractivity contribution in [2.24, 2.45) is 0 Å². The Labute approximate surface area is 122 Å². The van der Waals surface area contributed by atoms with Crippen molar-refractivity contribution < 1.29 is 4.39 Å². The second-order valence-electron chi connectivity index (χ2n) is 4.20. The van der Waals surface area contributed by atoms with Gasteiger partial charge in [0, 0.05) is 23.7 Å². The summed E-state index contributed by atoms with van der Waals surface area (Å²) < 4.78 is 13.7. The maximum atomic E-state index is 13.7. The van der Waals surface area contributed by atoms with Gasteiger partial charge >= 0.3 is 0 Å². The first-order valence-corrected chi connectivity index (χ1v) is 6.93. The number of benzene rings is 2. The first-order chi connectivity index (χ1) is 9.20. The topological polar surface area (TPSA) is 12.0 Å². The quantitative estimate of drug-likeness (QED) is 0.776. The lowest BCUT2D eigenvalue weighted by Gasteiger charge is -2.09. The fourth-order valence-corrected chi connectivity index (χ4v) is 2.19. The average Bonchev–Trinajstić information content (AvgIpc) is 2.42. The molecule has 100 valence electrons. The Kier molecular flexibility index (Phi) is 5.06. The number of anilines is 1. The molecule has 4 heteroatoms. The predicted octanol–water partition coefficient (Wildman–Crippen LogP) is 4.87. The van der Waals surface area contributed by atoms with Crippen LogP contribution in [0.2, 0.25) is 5.02 Å². The molecular weight excluding hydrogens is 284 g/mol. The summed E-state index contributed by atoms with van der Waals surface area (Å²) in [5.41, 5.74) is 2.68. The number of halogens is 3. The largest absolute Gasteiger partial charge is 0.381 e. The predicted molar refractivity (Wildman–Crippen MR) is 79.6 cm³/mol. The molecule has 19 heavy (non-hydrogen) atoms. The highest BCUT2D eigenvalue weighted by atomic mass is 35.5. The minimum atomic E-state index is -0.365. The maximum Gasteiger partial charge on any atom is 0.146 e. The lowest BCUT2D eigenvalue weighted by Crippen LogP contribution is -2.02. The Morgan fingerprint density at radius 1 is 1.05 bits per heavy atom. The van der Waals surface area contributed by atoms with Gasteiger partial charge in [0.2, 0.25) is 0 Å². The summed E-state index contributed by atoms with van der Waals surface area (Å²) in [6, 6.07) is 13.0. The summed E-state index contributed by atoms with van der Waals surface area (Å²) in [7, 11) is 0. The van der Waals surface area contributed by atoms with E-state index in [4.69, 9.17) is 23.2 Å². The van der Waals surface area contributed by atoms with Crippen LogP contribution in [0.3, 0.4) is 0 Å². The van der Waals surface area contributed by atoms with E-state index in [1.165, 1.54) is 5.56 Å². The van der Waals surface area contributed by atoms with Gasteiger partial charge in [-0.2, -0.15) is 0 Å². The smallest absolute Gasteiger partial charge is 0.146 e. The van der Waals surface area contributed by atoms with Crippen LogP contribution in [0, 0.1) is 5.82 Å². The first kappa shape index (κ1) is 14.2. The van der Waals surface area contributed by atoms with Gasteiger partial charge in [-0.3, -0.25) is 0 Å². The Bertz CT molecular complexity index is 540. The van der Waals surface area contributed by atoms with Crippen molar-refractivity contribution in [2.45, 2.75) is 13.0 Å². The number of rotatable bonds is 5. The Morgan fingerprint density at radius 3 is 2.47 bits per heavy atom. The molecule has 2 aromatic rings. The first-order valence-electron chi connectivity index (χ1n) is 6.02. The molecule has 0 atom stereocenters. The van der Waals surface area contributed by atoms with Gasteiger partial charge in [0.25, 0.3) is 0 Å². The van der Waals surface area contributed by atoms with Gasteiger partial charge in [-0.05, 0) is 30.2 Å². The van der Waals surface area contributed by atoms with Crippen molar-refractivity contribution in [3.63, 3.8) is 0 Å². The number of nitrogens with one attached hydrogen (secondary N) is 1. The zero-order valence-electron chi connectivity index (χ0n) is 10.3. The van der Waals surface area contributed by atoms with E-state index in [2.05, 4.69) is 5.32 Å². The molecule has 0 fully saturated rings. The average molecular weight is 298 g/mol. The summed E-state index contributed by atoms with van der Waals surface area (Å²) >= 11 is 11.4. The summed E-state index contributed by atoms with van der Waals surface area (Å²) in [6.07, 6.45) is 0.852. The molecule has 1 N–H and O–H groups in total. The van der Waals surface area contributed by atoms with Crippen molar-refractivity contribution in [3.8, 4) is 0 Å². The molecule has 0 aliphatic carbocycles. The van der Waals surface area contributed by atoms with Gasteiger partial charge in [-0.1, -0.05) is 35.9 Å². The second kappa shape index (κ2) is 6.78. The van der Waals surface area contributed by atoms with Gasteiger partial charge in [0.05, 0.1) is 5.02 Å². The molecular formula is C15H14Cl2FN. The minimum absolute atomic E-state index is 0.150. The van der Waals surface area contributed by atoms with E-state index >= 15 is 0 Å². The highest BCUT2D eigenvalue weighted by Gasteiger charge is 2.05. The molecule has 0 saturated carbocycles. The van der Waals surface area contributed by atoms with E-state index in [0.29, 0.717) is 18.0 Å². The maximum absolute atomic E-state index is 13.7. The van der Waals surface area contributed by atoms with Crippen LogP contribution < -0.4 is 5.32 Å². The number of hydrogen-bond acceptors (Lipinski definition) is 1. The number of alkyl halides is 1. The summed E-state index contributed by atoms with van der Waals surface area (Å²) in [5, 5.41) is 3.32. The lowest BCUT2D eigenvalue weighted by atomic mass is 10.1. The second-order valence-corrected chi connectivity index (χ2v) is 4.99. The Hall–Kier alpha value is -1.25. The molecule has 0 spiro atoms. The van der Waals surface area contributed by atoms with Crippen LogP contribution in [0.1, 0.15) is 11.1 Å². The molecule has 0 unspecified atom stereocenters. The highest BCUT2D eigenvalue weighted by Crippen LogP contribution is 2.19. The van der Waals surface area contributed by atoms with Crippen molar-refractivity contribution in [2.75, 3.05) is 11.2 Å². The van der Waals surface area contributed by atoms with Crippen LogP contribution in [0.15, 0.2) is 42.5 Å². The molecule has 0 heterocycles. The van der Waals surface area contributed by atoms with E-state index in [1.807, 2.05) is 24.3 Å². The lowest BCUT2D eigenvalue weighted by molar-refractivity contribution is 0.613. The fraction of sp³-hybridized carbons (Fsp3) is 0.200. The van der Waals surface area contributed by atoms with Crippen molar-refractivity contribution in [3.05, 3.63) is 64.4 Å².